The van der Waals surface area contributed by atoms with Crippen molar-refractivity contribution >= 4 is 5.84 Å². The van der Waals surface area contributed by atoms with Crippen LogP contribution < -0.4 is 5.73 Å². The standard InChI is InChI=1S/C12H23N3/c1-9-5-10(2)15(7-9)8-12(3-4-12)6-11(13)14/h9-10H,3-8H2,1-2H3,(H3,13,14). The van der Waals surface area contributed by atoms with Crippen LogP contribution in [0.15, 0.2) is 0 Å². The number of nitrogens with zero attached hydrogens (tertiary/aromatic N) is 1. The Labute approximate surface area is 92.5 Å². The summed E-state index contributed by atoms with van der Waals surface area (Å²) in [6.07, 6.45) is 4.68. The van der Waals surface area contributed by atoms with Gasteiger partial charge in [0.25, 0.3) is 0 Å². The highest BCUT2D eigenvalue weighted by molar-refractivity contribution is 5.78. The fourth-order valence-electron chi connectivity index (χ4n) is 3.01. The quantitative estimate of drug-likeness (QED) is 0.548. The van der Waals surface area contributed by atoms with Gasteiger partial charge >= 0.3 is 0 Å². The van der Waals surface area contributed by atoms with E-state index in [9.17, 15) is 0 Å². The molecule has 3 nitrogen and oxygen atoms in total. The molecule has 1 saturated heterocycles. The fraction of sp³-hybridized carbons (Fsp3) is 0.917. The van der Waals surface area contributed by atoms with Crippen LogP contribution >= 0.6 is 0 Å². The average Bonchev–Trinajstić information content (AvgIpc) is 2.74. The Balaban J connectivity index is 1.89. The Kier molecular flexibility index (Phi) is 2.75. The van der Waals surface area contributed by atoms with Crippen molar-refractivity contribution in [2.24, 2.45) is 17.1 Å². The molecule has 2 aliphatic rings. The van der Waals surface area contributed by atoms with E-state index in [1.165, 1.54) is 25.8 Å². The van der Waals surface area contributed by atoms with E-state index < -0.39 is 0 Å². The molecule has 15 heavy (non-hydrogen) atoms. The van der Waals surface area contributed by atoms with E-state index in [1.54, 1.807) is 0 Å². The molecule has 2 atom stereocenters. The van der Waals surface area contributed by atoms with E-state index in [4.69, 9.17) is 11.1 Å². The first kappa shape index (κ1) is 10.9. The van der Waals surface area contributed by atoms with Crippen molar-refractivity contribution in [3.05, 3.63) is 0 Å². The van der Waals surface area contributed by atoms with Crippen LogP contribution in [0.5, 0.6) is 0 Å². The highest BCUT2D eigenvalue weighted by atomic mass is 15.2. The summed E-state index contributed by atoms with van der Waals surface area (Å²) in [4.78, 5) is 2.60. The molecule has 0 amide bonds. The van der Waals surface area contributed by atoms with Crippen molar-refractivity contribution in [3.63, 3.8) is 0 Å². The summed E-state index contributed by atoms with van der Waals surface area (Å²) in [7, 11) is 0. The zero-order valence-electron chi connectivity index (χ0n) is 9.92. The Morgan fingerprint density at radius 1 is 1.47 bits per heavy atom. The van der Waals surface area contributed by atoms with Crippen molar-refractivity contribution in [2.75, 3.05) is 13.1 Å². The lowest BCUT2D eigenvalue weighted by Gasteiger charge is -2.26. The minimum atomic E-state index is 0.368. The maximum Gasteiger partial charge on any atom is 0.0911 e. The van der Waals surface area contributed by atoms with E-state index in [0.29, 0.717) is 11.3 Å². The third-order valence-electron chi connectivity index (χ3n) is 3.97. The number of amidine groups is 1. The largest absolute Gasteiger partial charge is 0.388 e. The molecule has 86 valence electrons. The number of hydrogen-bond acceptors (Lipinski definition) is 2. The summed E-state index contributed by atoms with van der Waals surface area (Å²) in [5.41, 5.74) is 5.90. The van der Waals surface area contributed by atoms with Crippen molar-refractivity contribution in [1.29, 1.82) is 5.41 Å². The molecule has 0 aromatic heterocycles. The second kappa shape index (κ2) is 3.78. The number of hydrogen-bond donors (Lipinski definition) is 2. The molecule has 1 aliphatic heterocycles. The van der Waals surface area contributed by atoms with Gasteiger partial charge in [0.2, 0.25) is 0 Å². The van der Waals surface area contributed by atoms with Crippen LogP contribution in [0.1, 0.15) is 39.5 Å². The molecule has 1 aliphatic carbocycles. The molecule has 2 unspecified atom stereocenters. The van der Waals surface area contributed by atoms with Crippen LogP contribution in [0.3, 0.4) is 0 Å². The predicted molar refractivity (Wildman–Crippen MR) is 63.0 cm³/mol. The van der Waals surface area contributed by atoms with Crippen LogP contribution in [0.2, 0.25) is 0 Å². The highest BCUT2D eigenvalue weighted by Crippen LogP contribution is 2.50. The number of rotatable bonds is 4. The molecule has 3 N–H and O–H groups in total. The van der Waals surface area contributed by atoms with Gasteiger partial charge in [-0.25, -0.2) is 0 Å². The maximum atomic E-state index is 7.41. The van der Waals surface area contributed by atoms with Crippen molar-refractivity contribution in [1.82, 2.24) is 4.90 Å². The number of nitrogens with two attached hydrogens (primary N) is 1. The van der Waals surface area contributed by atoms with E-state index in [-0.39, 0.29) is 0 Å². The van der Waals surface area contributed by atoms with Gasteiger partial charge in [-0.2, -0.15) is 0 Å². The highest BCUT2D eigenvalue weighted by Gasteiger charge is 2.45. The average molecular weight is 209 g/mol. The minimum Gasteiger partial charge on any atom is -0.388 e. The van der Waals surface area contributed by atoms with E-state index in [0.717, 1.165) is 24.9 Å². The van der Waals surface area contributed by atoms with Crippen LogP contribution in [0.4, 0.5) is 0 Å². The van der Waals surface area contributed by atoms with E-state index in [2.05, 4.69) is 18.7 Å². The maximum absolute atomic E-state index is 7.41. The molecule has 0 aromatic carbocycles. The molecular weight excluding hydrogens is 186 g/mol. The summed E-state index contributed by atoms with van der Waals surface area (Å²) in [5, 5.41) is 7.41. The molecule has 0 aromatic rings. The van der Waals surface area contributed by atoms with Gasteiger partial charge in [-0.3, -0.25) is 10.3 Å². The summed E-state index contributed by atoms with van der Waals surface area (Å²) in [5.74, 6) is 1.21. The zero-order chi connectivity index (χ0) is 11.1. The molecule has 1 saturated carbocycles. The smallest absolute Gasteiger partial charge is 0.0911 e. The van der Waals surface area contributed by atoms with Gasteiger partial charge in [0.05, 0.1) is 5.84 Å². The van der Waals surface area contributed by atoms with Crippen molar-refractivity contribution in [3.8, 4) is 0 Å². The monoisotopic (exact) mass is 209 g/mol. The first-order chi connectivity index (χ1) is 7.01. The van der Waals surface area contributed by atoms with Crippen LogP contribution in [-0.4, -0.2) is 29.9 Å². The number of nitrogens with one attached hydrogen (secondary N) is 1. The fourth-order valence-corrected chi connectivity index (χ4v) is 3.01. The Bertz CT molecular complexity index is 258. The van der Waals surface area contributed by atoms with Crippen LogP contribution in [0, 0.1) is 16.7 Å². The van der Waals surface area contributed by atoms with E-state index >= 15 is 0 Å². The lowest BCUT2D eigenvalue weighted by Crippen LogP contribution is -2.35. The Morgan fingerprint density at radius 3 is 2.53 bits per heavy atom. The summed E-state index contributed by atoms with van der Waals surface area (Å²) in [6, 6.07) is 0.726. The SMILES string of the molecule is CC1CC(C)N(CC2(CC(=N)N)CC2)C1. The molecule has 3 heteroatoms. The van der Waals surface area contributed by atoms with Gasteiger partial charge in [-0.1, -0.05) is 6.92 Å². The van der Waals surface area contributed by atoms with Crippen molar-refractivity contribution < 1.29 is 0 Å². The predicted octanol–water partition coefficient (Wildman–Crippen LogP) is 1.82. The third kappa shape index (κ3) is 2.51. The summed E-state index contributed by atoms with van der Waals surface area (Å²) in [6.45, 7) is 7.06. The molecule has 2 rings (SSSR count). The van der Waals surface area contributed by atoms with Gasteiger partial charge in [-0.05, 0) is 37.5 Å². The topological polar surface area (TPSA) is 53.1 Å². The normalized spacial score (nSPS) is 34.3. The molecule has 0 spiro atoms. The Morgan fingerprint density at radius 2 is 2.13 bits per heavy atom. The van der Waals surface area contributed by atoms with Gasteiger partial charge in [0.1, 0.15) is 0 Å². The van der Waals surface area contributed by atoms with Gasteiger partial charge < -0.3 is 5.73 Å². The van der Waals surface area contributed by atoms with Gasteiger partial charge in [0.15, 0.2) is 0 Å². The minimum absolute atomic E-state index is 0.368. The molecular formula is C12H23N3. The Hall–Kier alpha value is -0.570. The summed E-state index contributed by atoms with van der Waals surface area (Å²) >= 11 is 0. The second-order valence-corrected chi connectivity index (χ2v) is 5.82. The van der Waals surface area contributed by atoms with E-state index in [1.807, 2.05) is 0 Å². The number of likely N-dealkylation sites (tertiary alicyclic amines) is 1. The molecule has 1 heterocycles. The second-order valence-electron chi connectivity index (χ2n) is 5.82. The molecule has 0 radical (unpaired) electrons. The van der Waals surface area contributed by atoms with Crippen LogP contribution in [-0.2, 0) is 0 Å². The first-order valence-corrected chi connectivity index (χ1v) is 6.08. The van der Waals surface area contributed by atoms with Crippen molar-refractivity contribution in [2.45, 2.75) is 45.6 Å². The lowest BCUT2D eigenvalue weighted by molar-refractivity contribution is 0.213. The van der Waals surface area contributed by atoms with Gasteiger partial charge in [0, 0.05) is 25.6 Å². The first-order valence-electron chi connectivity index (χ1n) is 6.08. The zero-order valence-corrected chi connectivity index (χ0v) is 9.92. The molecule has 2 fully saturated rings. The molecule has 0 bridgehead atoms. The summed E-state index contributed by atoms with van der Waals surface area (Å²) < 4.78 is 0. The lowest BCUT2D eigenvalue weighted by atomic mass is 10.0. The van der Waals surface area contributed by atoms with Crippen LogP contribution in [0.25, 0.3) is 0 Å². The third-order valence-corrected chi connectivity index (χ3v) is 3.97. The van der Waals surface area contributed by atoms with Gasteiger partial charge in [-0.15, -0.1) is 0 Å².